The lowest BCUT2D eigenvalue weighted by molar-refractivity contribution is 0.737. The number of halogens is 1. The van der Waals surface area contributed by atoms with E-state index in [9.17, 15) is 4.79 Å². The quantitative estimate of drug-likeness (QED) is 0.867. The standard InChI is InChI=1S/C10H11ClN4O/c1-6(2)7-5-10(16)15(14-7)9-4-3-8(11)12-13-9/h3-6,14H,1-2H3. The fourth-order valence-corrected chi connectivity index (χ4v) is 1.41. The van der Waals surface area contributed by atoms with Gasteiger partial charge in [0.1, 0.15) is 0 Å². The zero-order chi connectivity index (χ0) is 11.7. The molecule has 0 atom stereocenters. The Bertz CT molecular complexity index is 541. The van der Waals surface area contributed by atoms with Gasteiger partial charge in [-0.05, 0) is 18.1 Å². The van der Waals surface area contributed by atoms with Gasteiger partial charge in [0.25, 0.3) is 5.56 Å². The van der Waals surface area contributed by atoms with Gasteiger partial charge in [-0.2, -0.15) is 4.68 Å². The second-order valence-corrected chi connectivity index (χ2v) is 4.14. The average molecular weight is 239 g/mol. The topological polar surface area (TPSA) is 63.6 Å². The zero-order valence-corrected chi connectivity index (χ0v) is 9.69. The predicted molar refractivity (Wildman–Crippen MR) is 61.1 cm³/mol. The summed E-state index contributed by atoms with van der Waals surface area (Å²) in [5, 5.41) is 10.8. The van der Waals surface area contributed by atoms with Crippen LogP contribution in [0.15, 0.2) is 23.0 Å². The predicted octanol–water partition coefficient (Wildman–Crippen LogP) is 1.73. The number of nitrogens with one attached hydrogen (secondary N) is 1. The van der Waals surface area contributed by atoms with Crippen LogP contribution in [0.4, 0.5) is 0 Å². The lowest BCUT2D eigenvalue weighted by Gasteiger charge is -2.01. The van der Waals surface area contributed by atoms with Gasteiger partial charge in [-0.25, -0.2) is 0 Å². The Morgan fingerprint density at radius 2 is 2.12 bits per heavy atom. The van der Waals surface area contributed by atoms with Gasteiger partial charge in [0.05, 0.1) is 0 Å². The number of rotatable bonds is 2. The minimum Gasteiger partial charge on any atom is -0.293 e. The first kappa shape index (κ1) is 10.9. The summed E-state index contributed by atoms with van der Waals surface area (Å²) in [7, 11) is 0. The van der Waals surface area contributed by atoms with E-state index in [1.54, 1.807) is 18.2 Å². The molecule has 2 heterocycles. The number of aromatic nitrogens is 4. The fraction of sp³-hybridized carbons (Fsp3) is 0.300. The van der Waals surface area contributed by atoms with E-state index >= 15 is 0 Å². The highest BCUT2D eigenvalue weighted by molar-refractivity contribution is 6.29. The molecule has 0 saturated carbocycles. The average Bonchev–Trinajstić information content (AvgIpc) is 2.62. The molecular weight excluding hydrogens is 228 g/mol. The lowest BCUT2D eigenvalue weighted by Crippen LogP contribution is -2.15. The van der Waals surface area contributed by atoms with Gasteiger partial charge in [0.2, 0.25) is 0 Å². The van der Waals surface area contributed by atoms with Crippen LogP contribution in [-0.2, 0) is 0 Å². The minimum absolute atomic E-state index is 0.152. The molecule has 0 radical (unpaired) electrons. The monoisotopic (exact) mass is 238 g/mol. The smallest absolute Gasteiger partial charge is 0.272 e. The van der Waals surface area contributed by atoms with Crippen LogP contribution in [0.25, 0.3) is 5.82 Å². The third-order valence-electron chi connectivity index (χ3n) is 2.21. The number of nitrogens with zero attached hydrogens (tertiary/aromatic N) is 3. The van der Waals surface area contributed by atoms with Crippen LogP contribution in [0, 0.1) is 0 Å². The molecule has 1 N–H and O–H groups in total. The first-order chi connectivity index (χ1) is 7.58. The van der Waals surface area contributed by atoms with E-state index in [0.717, 1.165) is 5.69 Å². The van der Waals surface area contributed by atoms with Crippen molar-refractivity contribution in [3.8, 4) is 5.82 Å². The summed E-state index contributed by atoms with van der Waals surface area (Å²) >= 11 is 5.62. The molecule has 2 aromatic rings. The van der Waals surface area contributed by atoms with Crippen LogP contribution in [0.3, 0.4) is 0 Å². The summed E-state index contributed by atoms with van der Waals surface area (Å²) in [4.78, 5) is 11.7. The molecule has 0 saturated heterocycles. The summed E-state index contributed by atoms with van der Waals surface area (Å²) in [5.41, 5.74) is 0.710. The molecule has 0 fully saturated rings. The molecule has 0 aliphatic carbocycles. The molecule has 0 aliphatic rings. The van der Waals surface area contributed by atoms with E-state index in [1.165, 1.54) is 4.68 Å². The lowest BCUT2D eigenvalue weighted by atomic mass is 10.1. The summed E-state index contributed by atoms with van der Waals surface area (Å²) in [6, 6.07) is 4.78. The van der Waals surface area contributed by atoms with E-state index in [0.29, 0.717) is 11.0 Å². The maximum absolute atomic E-state index is 11.7. The highest BCUT2D eigenvalue weighted by Crippen LogP contribution is 2.10. The van der Waals surface area contributed by atoms with Gasteiger partial charge >= 0.3 is 0 Å². The third-order valence-corrected chi connectivity index (χ3v) is 2.41. The van der Waals surface area contributed by atoms with Crippen LogP contribution >= 0.6 is 11.6 Å². The third kappa shape index (κ3) is 1.99. The van der Waals surface area contributed by atoms with E-state index in [1.807, 2.05) is 13.8 Å². The van der Waals surface area contributed by atoms with Crippen LogP contribution < -0.4 is 5.56 Å². The Morgan fingerprint density at radius 1 is 1.38 bits per heavy atom. The first-order valence-electron chi connectivity index (χ1n) is 4.89. The van der Waals surface area contributed by atoms with Gasteiger partial charge in [0, 0.05) is 11.8 Å². The second kappa shape index (κ2) is 4.09. The molecule has 0 amide bonds. The van der Waals surface area contributed by atoms with E-state index < -0.39 is 0 Å². The Morgan fingerprint density at radius 3 is 2.62 bits per heavy atom. The largest absolute Gasteiger partial charge is 0.293 e. The number of hydrogen-bond acceptors (Lipinski definition) is 3. The van der Waals surface area contributed by atoms with Crippen LogP contribution in [0.5, 0.6) is 0 Å². The van der Waals surface area contributed by atoms with Crippen LogP contribution in [0.2, 0.25) is 5.15 Å². The zero-order valence-electron chi connectivity index (χ0n) is 8.94. The molecule has 0 unspecified atom stereocenters. The molecule has 2 aromatic heterocycles. The fourth-order valence-electron chi connectivity index (χ4n) is 1.31. The number of aromatic amines is 1. The van der Waals surface area contributed by atoms with Crippen molar-refractivity contribution in [1.29, 1.82) is 0 Å². The Hall–Kier alpha value is -1.62. The molecule has 0 spiro atoms. The first-order valence-corrected chi connectivity index (χ1v) is 5.27. The SMILES string of the molecule is CC(C)c1cc(=O)n(-c2ccc(Cl)nn2)[nH]1. The van der Waals surface area contributed by atoms with Gasteiger partial charge in [-0.3, -0.25) is 9.89 Å². The van der Waals surface area contributed by atoms with Crippen molar-refractivity contribution in [2.24, 2.45) is 0 Å². The van der Waals surface area contributed by atoms with E-state index in [4.69, 9.17) is 11.6 Å². The Balaban J connectivity index is 2.48. The highest BCUT2D eigenvalue weighted by atomic mass is 35.5. The van der Waals surface area contributed by atoms with Crippen molar-refractivity contribution < 1.29 is 0 Å². The van der Waals surface area contributed by atoms with E-state index in [-0.39, 0.29) is 11.5 Å². The molecule has 0 bridgehead atoms. The van der Waals surface area contributed by atoms with Crippen molar-refractivity contribution in [3.05, 3.63) is 39.4 Å². The van der Waals surface area contributed by atoms with Gasteiger partial charge < -0.3 is 0 Å². The van der Waals surface area contributed by atoms with E-state index in [2.05, 4.69) is 15.3 Å². The molecule has 2 rings (SSSR count). The van der Waals surface area contributed by atoms with Gasteiger partial charge in [-0.1, -0.05) is 25.4 Å². The maximum Gasteiger partial charge on any atom is 0.272 e. The van der Waals surface area contributed by atoms with Crippen LogP contribution in [-0.4, -0.2) is 20.0 Å². The van der Waals surface area contributed by atoms with Crippen molar-refractivity contribution >= 4 is 11.6 Å². The van der Waals surface area contributed by atoms with Crippen molar-refractivity contribution in [2.45, 2.75) is 19.8 Å². The molecule has 0 aliphatic heterocycles. The number of H-pyrrole nitrogens is 1. The van der Waals surface area contributed by atoms with Crippen molar-refractivity contribution in [1.82, 2.24) is 20.0 Å². The minimum atomic E-state index is -0.152. The Kier molecular flexibility index (Phi) is 2.78. The van der Waals surface area contributed by atoms with Crippen LogP contribution in [0.1, 0.15) is 25.5 Å². The molecule has 6 heteroatoms. The van der Waals surface area contributed by atoms with Gasteiger partial charge in [-0.15, -0.1) is 10.2 Å². The summed E-state index contributed by atoms with van der Waals surface area (Å²) in [6.07, 6.45) is 0. The second-order valence-electron chi connectivity index (χ2n) is 3.75. The summed E-state index contributed by atoms with van der Waals surface area (Å²) < 4.78 is 1.35. The molecule has 84 valence electrons. The van der Waals surface area contributed by atoms with Crippen molar-refractivity contribution in [3.63, 3.8) is 0 Å². The molecule has 16 heavy (non-hydrogen) atoms. The number of hydrogen-bond donors (Lipinski definition) is 1. The highest BCUT2D eigenvalue weighted by Gasteiger charge is 2.08. The van der Waals surface area contributed by atoms with Crippen molar-refractivity contribution in [2.75, 3.05) is 0 Å². The summed E-state index contributed by atoms with van der Waals surface area (Å²) in [6.45, 7) is 4.01. The maximum atomic E-state index is 11.7. The molecule has 0 aromatic carbocycles. The Labute approximate surface area is 97.1 Å². The van der Waals surface area contributed by atoms with Gasteiger partial charge in [0.15, 0.2) is 11.0 Å². The molecule has 5 nitrogen and oxygen atoms in total. The summed E-state index contributed by atoms with van der Waals surface area (Å²) in [5.74, 6) is 0.690. The normalized spacial score (nSPS) is 11.0. The molecular formula is C10H11ClN4O.